The Balaban J connectivity index is 1.70. The van der Waals surface area contributed by atoms with Crippen LogP contribution in [0.5, 0.6) is 0 Å². The van der Waals surface area contributed by atoms with Gasteiger partial charge in [-0.1, -0.05) is 30.3 Å². The topological polar surface area (TPSA) is 53.0 Å². The summed E-state index contributed by atoms with van der Waals surface area (Å²) in [4.78, 5) is 15.7. The van der Waals surface area contributed by atoms with Crippen LogP contribution in [0.15, 0.2) is 30.3 Å². The summed E-state index contributed by atoms with van der Waals surface area (Å²) in [5.41, 5.74) is 0.964. The predicted octanol–water partition coefficient (Wildman–Crippen LogP) is 0.901. The van der Waals surface area contributed by atoms with Gasteiger partial charge in [0.2, 0.25) is 0 Å². The fraction of sp³-hybridized carbons (Fsp3) is 0.562. The molecule has 1 fully saturated rings. The standard InChI is InChI=1S/C16H24N2O3/c1-21-16(20)7-8-17-9-11-18(12-10-17)13-15(19)14-5-3-2-4-6-14/h2-6,15,19H,7-13H2,1H3. The number of aliphatic hydroxyl groups excluding tert-OH is 1. The van der Waals surface area contributed by atoms with Gasteiger partial charge in [-0.15, -0.1) is 0 Å². The molecule has 0 radical (unpaired) electrons. The average molecular weight is 292 g/mol. The van der Waals surface area contributed by atoms with E-state index in [1.54, 1.807) is 0 Å². The number of piperazine rings is 1. The van der Waals surface area contributed by atoms with Gasteiger partial charge in [0, 0.05) is 39.3 Å². The van der Waals surface area contributed by atoms with Crippen LogP contribution in [0.4, 0.5) is 0 Å². The van der Waals surface area contributed by atoms with E-state index >= 15 is 0 Å². The average Bonchev–Trinajstić information content (AvgIpc) is 2.54. The number of aliphatic hydroxyl groups is 1. The third-order valence-electron chi connectivity index (χ3n) is 3.94. The molecule has 0 aliphatic carbocycles. The van der Waals surface area contributed by atoms with Crippen molar-refractivity contribution in [1.29, 1.82) is 0 Å². The van der Waals surface area contributed by atoms with Crippen molar-refractivity contribution < 1.29 is 14.6 Å². The first kappa shape index (κ1) is 15.9. The van der Waals surface area contributed by atoms with Crippen molar-refractivity contribution in [2.75, 3.05) is 46.4 Å². The second kappa shape index (κ2) is 8.12. The number of nitrogens with zero attached hydrogens (tertiary/aromatic N) is 2. The molecule has 1 N–H and O–H groups in total. The summed E-state index contributed by atoms with van der Waals surface area (Å²) >= 11 is 0. The third kappa shape index (κ3) is 5.12. The van der Waals surface area contributed by atoms with Gasteiger partial charge >= 0.3 is 5.97 Å². The molecule has 2 rings (SSSR count). The Morgan fingerprint density at radius 2 is 1.81 bits per heavy atom. The van der Waals surface area contributed by atoms with Crippen LogP contribution in [-0.4, -0.2) is 67.3 Å². The molecular formula is C16H24N2O3. The molecule has 1 aliphatic heterocycles. The number of β-amino-alcohol motifs (C(OH)–C–C–N with tert-alkyl or cyclic N) is 1. The minimum absolute atomic E-state index is 0.156. The molecule has 1 atom stereocenters. The first-order valence-corrected chi connectivity index (χ1v) is 7.43. The number of carbonyl (C=O) groups excluding carboxylic acids is 1. The van der Waals surface area contributed by atoms with Crippen LogP contribution < -0.4 is 0 Å². The molecule has 0 aromatic heterocycles. The number of hydrogen-bond donors (Lipinski definition) is 1. The minimum atomic E-state index is -0.437. The summed E-state index contributed by atoms with van der Waals surface area (Å²) in [5, 5.41) is 10.2. The largest absolute Gasteiger partial charge is 0.469 e. The SMILES string of the molecule is COC(=O)CCN1CCN(CC(O)c2ccccc2)CC1. The smallest absolute Gasteiger partial charge is 0.306 e. The van der Waals surface area contributed by atoms with Crippen LogP contribution in [0.2, 0.25) is 0 Å². The molecule has 116 valence electrons. The zero-order chi connectivity index (χ0) is 15.1. The van der Waals surface area contributed by atoms with E-state index in [4.69, 9.17) is 0 Å². The normalized spacial score (nSPS) is 18.4. The Kier molecular flexibility index (Phi) is 6.17. The summed E-state index contributed by atoms with van der Waals surface area (Å²) in [6.45, 7) is 5.11. The van der Waals surface area contributed by atoms with E-state index in [0.29, 0.717) is 13.0 Å². The van der Waals surface area contributed by atoms with E-state index in [9.17, 15) is 9.90 Å². The number of esters is 1. The molecule has 1 aliphatic rings. The quantitative estimate of drug-likeness (QED) is 0.790. The number of ether oxygens (including phenoxy) is 1. The number of rotatable bonds is 6. The molecule has 5 heteroatoms. The maximum absolute atomic E-state index is 11.1. The van der Waals surface area contributed by atoms with Crippen molar-refractivity contribution >= 4 is 5.97 Å². The lowest BCUT2D eigenvalue weighted by Gasteiger charge is -2.35. The predicted molar refractivity (Wildman–Crippen MR) is 80.9 cm³/mol. The van der Waals surface area contributed by atoms with Gasteiger partial charge in [-0.05, 0) is 5.56 Å². The van der Waals surface area contributed by atoms with Crippen LogP contribution in [0.3, 0.4) is 0 Å². The van der Waals surface area contributed by atoms with Gasteiger partial charge in [0.1, 0.15) is 0 Å². The zero-order valence-electron chi connectivity index (χ0n) is 12.6. The maximum Gasteiger partial charge on any atom is 0.306 e. The monoisotopic (exact) mass is 292 g/mol. The highest BCUT2D eigenvalue weighted by atomic mass is 16.5. The fourth-order valence-electron chi connectivity index (χ4n) is 2.57. The number of methoxy groups -OCH3 is 1. The summed E-state index contributed by atoms with van der Waals surface area (Å²) in [6.07, 6.45) is 0.0104. The van der Waals surface area contributed by atoms with Crippen molar-refractivity contribution in [3.05, 3.63) is 35.9 Å². The maximum atomic E-state index is 11.1. The van der Waals surface area contributed by atoms with E-state index in [2.05, 4.69) is 14.5 Å². The number of hydrogen-bond acceptors (Lipinski definition) is 5. The van der Waals surface area contributed by atoms with E-state index in [0.717, 1.165) is 38.3 Å². The molecule has 1 unspecified atom stereocenters. The van der Waals surface area contributed by atoms with Crippen molar-refractivity contribution in [1.82, 2.24) is 9.80 Å². The van der Waals surface area contributed by atoms with Crippen LogP contribution in [0.25, 0.3) is 0 Å². The van der Waals surface area contributed by atoms with Crippen LogP contribution in [0.1, 0.15) is 18.1 Å². The highest BCUT2D eigenvalue weighted by Crippen LogP contribution is 2.15. The Bertz CT molecular complexity index is 430. The molecule has 0 spiro atoms. The Hall–Kier alpha value is -1.43. The highest BCUT2D eigenvalue weighted by Gasteiger charge is 2.20. The van der Waals surface area contributed by atoms with Crippen molar-refractivity contribution in [2.45, 2.75) is 12.5 Å². The molecule has 0 bridgehead atoms. The van der Waals surface area contributed by atoms with Crippen molar-refractivity contribution in [3.8, 4) is 0 Å². The zero-order valence-corrected chi connectivity index (χ0v) is 12.6. The van der Waals surface area contributed by atoms with E-state index in [1.165, 1.54) is 7.11 Å². The lowest BCUT2D eigenvalue weighted by molar-refractivity contribution is -0.141. The number of carbonyl (C=O) groups is 1. The number of benzene rings is 1. The summed E-state index contributed by atoms with van der Waals surface area (Å²) in [5.74, 6) is -0.156. The molecule has 21 heavy (non-hydrogen) atoms. The fourth-order valence-corrected chi connectivity index (χ4v) is 2.57. The summed E-state index contributed by atoms with van der Waals surface area (Å²) < 4.78 is 4.65. The summed E-state index contributed by atoms with van der Waals surface area (Å²) in [7, 11) is 1.42. The Labute approximate surface area is 126 Å². The second-order valence-corrected chi connectivity index (χ2v) is 5.39. The van der Waals surface area contributed by atoms with Crippen molar-refractivity contribution in [2.24, 2.45) is 0 Å². The van der Waals surface area contributed by atoms with E-state index in [-0.39, 0.29) is 5.97 Å². The lowest BCUT2D eigenvalue weighted by Crippen LogP contribution is -2.47. The van der Waals surface area contributed by atoms with Gasteiger partial charge in [-0.25, -0.2) is 0 Å². The first-order valence-electron chi connectivity index (χ1n) is 7.43. The van der Waals surface area contributed by atoms with Gasteiger partial charge in [-0.3, -0.25) is 9.69 Å². The molecule has 0 saturated carbocycles. The Morgan fingerprint density at radius 1 is 1.19 bits per heavy atom. The Morgan fingerprint density at radius 3 is 2.43 bits per heavy atom. The van der Waals surface area contributed by atoms with E-state index < -0.39 is 6.10 Å². The molecular weight excluding hydrogens is 268 g/mol. The van der Waals surface area contributed by atoms with Gasteiger partial charge < -0.3 is 14.7 Å². The van der Waals surface area contributed by atoms with Crippen LogP contribution >= 0.6 is 0 Å². The molecule has 1 heterocycles. The third-order valence-corrected chi connectivity index (χ3v) is 3.94. The van der Waals surface area contributed by atoms with Crippen molar-refractivity contribution in [3.63, 3.8) is 0 Å². The van der Waals surface area contributed by atoms with Gasteiger partial charge in [0.05, 0.1) is 19.6 Å². The highest BCUT2D eigenvalue weighted by molar-refractivity contribution is 5.69. The second-order valence-electron chi connectivity index (χ2n) is 5.39. The molecule has 5 nitrogen and oxygen atoms in total. The van der Waals surface area contributed by atoms with Gasteiger partial charge in [0.15, 0.2) is 0 Å². The van der Waals surface area contributed by atoms with Crippen LogP contribution in [-0.2, 0) is 9.53 Å². The van der Waals surface area contributed by atoms with Crippen LogP contribution in [0, 0.1) is 0 Å². The molecule has 1 aromatic rings. The minimum Gasteiger partial charge on any atom is -0.469 e. The molecule has 1 saturated heterocycles. The summed E-state index contributed by atoms with van der Waals surface area (Å²) in [6, 6.07) is 9.76. The molecule has 1 aromatic carbocycles. The first-order chi connectivity index (χ1) is 10.2. The van der Waals surface area contributed by atoms with Gasteiger partial charge in [0.25, 0.3) is 0 Å². The molecule has 0 amide bonds. The van der Waals surface area contributed by atoms with Gasteiger partial charge in [-0.2, -0.15) is 0 Å². The van der Waals surface area contributed by atoms with E-state index in [1.807, 2.05) is 30.3 Å². The lowest BCUT2D eigenvalue weighted by atomic mass is 10.1.